The van der Waals surface area contributed by atoms with E-state index < -0.39 is 20.0 Å². The number of ether oxygens (including phenoxy) is 1. The second-order valence-electron chi connectivity index (χ2n) is 10.6. The highest BCUT2D eigenvalue weighted by atomic mass is 32.2. The fourth-order valence-electron chi connectivity index (χ4n) is 4.64. The van der Waals surface area contributed by atoms with E-state index in [1.54, 1.807) is 133 Å². The lowest BCUT2D eigenvalue weighted by Gasteiger charge is -2.13. The van der Waals surface area contributed by atoms with Gasteiger partial charge in [0.05, 0.1) is 9.79 Å². The second-order valence-corrected chi connectivity index (χ2v) is 13.8. The SMILES string of the molecule is O=S(=O)(/N=C(\Nc1ccc(Oc2ccc(N/C(=N/S(=O)(=O)c3ccccc3)c3ccccc3)cc2)cc1)c1ccccc1)c1ccccc1. The summed E-state index contributed by atoms with van der Waals surface area (Å²) in [5.74, 6) is 1.44. The highest BCUT2D eigenvalue weighted by molar-refractivity contribution is 7.90. The summed E-state index contributed by atoms with van der Waals surface area (Å²) in [5.41, 5.74) is 2.43. The molecule has 6 rings (SSSR count). The van der Waals surface area contributed by atoms with Gasteiger partial charge in [0.2, 0.25) is 0 Å². The third-order valence-electron chi connectivity index (χ3n) is 7.07. The normalized spacial score (nSPS) is 12.2. The van der Waals surface area contributed by atoms with E-state index in [1.165, 1.54) is 24.3 Å². The smallest absolute Gasteiger partial charge is 0.284 e. The van der Waals surface area contributed by atoms with Crippen molar-refractivity contribution in [3.05, 3.63) is 181 Å². The maximum absolute atomic E-state index is 13.1. The van der Waals surface area contributed by atoms with Gasteiger partial charge in [-0.15, -0.1) is 8.80 Å². The van der Waals surface area contributed by atoms with E-state index in [0.717, 1.165) is 0 Å². The fourth-order valence-corrected chi connectivity index (χ4v) is 6.64. The highest BCUT2D eigenvalue weighted by Gasteiger charge is 2.17. The van der Waals surface area contributed by atoms with Crippen LogP contribution in [0.25, 0.3) is 0 Å². The van der Waals surface area contributed by atoms with Crippen LogP contribution < -0.4 is 15.4 Å². The quantitative estimate of drug-likeness (QED) is 0.111. The Morgan fingerprint density at radius 3 is 1.04 bits per heavy atom. The fraction of sp³-hybridized carbons (Fsp3) is 0. The predicted molar refractivity (Wildman–Crippen MR) is 193 cm³/mol. The van der Waals surface area contributed by atoms with Crippen molar-refractivity contribution >= 4 is 43.1 Å². The molecule has 0 saturated heterocycles. The van der Waals surface area contributed by atoms with Crippen LogP contribution in [0, 0.1) is 0 Å². The van der Waals surface area contributed by atoms with Crippen molar-refractivity contribution < 1.29 is 21.6 Å². The molecule has 0 saturated carbocycles. The second kappa shape index (κ2) is 14.8. The lowest BCUT2D eigenvalue weighted by Crippen LogP contribution is -2.16. The Morgan fingerprint density at radius 2 is 0.714 bits per heavy atom. The van der Waals surface area contributed by atoms with E-state index in [1.807, 2.05) is 12.1 Å². The van der Waals surface area contributed by atoms with Crippen molar-refractivity contribution in [1.82, 2.24) is 0 Å². The first kappa shape index (κ1) is 32.9. The van der Waals surface area contributed by atoms with Crippen LogP contribution >= 0.6 is 0 Å². The summed E-state index contributed by atoms with van der Waals surface area (Å²) >= 11 is 0. The zero-order valence-corrected chi connectivity index (χ0v) is 27.6. The minimum absolute atomic E-state index is 0.0935. The van der Waals surface area contributed by atoms with Gasteiger partial charge in [-0.25, -0.2) is 0 Å². The number of anilines is 2. The first-order valence-electron chi connectivity index (χ1n) is 15.1. The van der Waals surface area contributed by atoms with Crippen LogP contribution in [-0.4, -0.2) is 28.5 Å². The Hall–Kier alpha value is -6.04. The van der Waals surface area contributed by atoms with Crippen molar-refractivity contribution in [2.45, 2.75) is 9.79 Å². The Balaban J connectivity index is 1.17. The van der Waals surface area contributed by atoms with Crippen molar-refractivity contribution in [3.63, 3.8) is 0 Å². The summed E-state index contributed by atoms with van der Waals surface area (Å²) in [6.07, 6.45) is 0. The number of nitrogens with zero attached hydrogens (tertiary/aromatic N) is 2. The Labute approximate surface area is 285 Å². The molecule has 0 amide bonds. The van der Waals surface area contributed by atoms with Crippen LogP contribution in [0.15, 0.2) is 188 Å². The maximum Gasteiger partial charge on any atom is 0.284 e. The Bertz CT molecular complexity index is 2120. The zero-order valence-electron chi connectivity index (χ0n) is 25.9. The summed E-state index contributed by atoms with van der Waals surface area (Å²) in [6, 6.07) is 48.1. The molecule has 0 aliphatic heterocycles. The predicted octanol–water partition coefficient (Wildman–Crippen LogP) is 7.97. The molecule has 0 atom stereocenters. The molecular weight excluding hydrogens is 657 g/mol. The Kier molecular flexibility index (Phi) is 9.93. The first-order valence-corrected chi connectivity index (χ1v) is 18.0. The van der Waals surface area contributed by atoms with E-state index >= 15 is 0 Å². The Morgan fingerprint density at radius 1 is 0.408 bits per heavy atom. The number of amidine groups is 2. The highest BCUT2D eigenvalue weighted by Crippen LogP contribution is 2.26. The van der Waals surface area contributed by atoms with E-state index in [4.69, 9.17) is 4.74 Å². The molecule has 0 aliphatic carbocycles. The van der Waals surface area contributed by atoms with Gasteiger partial charge in [0.25, 0.3) is 20.0 Å². The molecule has 0 bridgehead atoms. The average molecular weight is 687 g/mol. The lowest BCUT2D eigenvalue weighted by molar-refractivity contribution is 0.483. The van der Waals surface area contributed by atoms with E-state index in [0.29, 0.717) is 34.0 Å². The van der Waals surface area contributed by atoms with Crippen LogP contribution in [0.5, 0.6) is 11.5 Å². The molecule has 0 unspecified atom stereocenters. The molecule has 0 radical (unpaired) electrons. The van der Waals surface area contributed by atoms with Crippen LogP contribution in [0.2, 0.25) is 0 Å². The van der Waals surface area contributed by atoms with Gasteiger partial charge in [-0.3, -0.25) is 0 Å². The van der Waals surface area contributed by atoms with Gasteiger partial charge < -0.3 is 15.4 Å². The van der Waals surface area contributed by atoms with Crippen LogP contribution in [0.1, 0.15) is 11.1 Å². The van der Waals surface area contributed by atoms with Crippen molar-refractivity contribution in [2.24, 2.45) is 8.80 Å². The van der Waals surface area contributed by atoms with Crippen LogP contribution in [0.4, 0.5) is 11.4 Å². The molecule has 6 aromatic carbocycles. The number of benzene rings is 6. The minimum Gasteiger partial charge on any atom is -0.457 e. The summed E-state index contributed by atoms with van der Waals surface area (Å²) in [6.45, 7) is 0. The number of hydrogen-bond donors (Lipinski definition) is 2. The number of hydrogen-bond acceptors (Lipinski definition) is 5. The van der Waals surface area contributed by atoms with Crippen molar-refractivity contribution in [3.8, 4) is 11.5 Å². The largest absolute Gasteiger partial charge is 0.457 e. The minimum atomic E-state index is -3.97. The first-order chi connectivity index (χ1) is 23.7. The monoisotopic (exact) mass is 686 g/mol. The van der Waals surface area contributed by atoms with Gasteiger partial charge in [0.1, 0.15) is 11.5 Å². The van der Waals surface area contributed by atoms with Crippen molar-refractivity contribution in [1.29, 1.82) is 0 Å². The summed E-state index contributed by atoms with van der Waals surface area (Å²) in [5, 5.41) is 6.26. The molecule has 11 heteroatoms. The standard InChI is InChI=1S/C38H30N4O5S2/c43-48(44,35-17-9-3-10-18-35)41-37(29-13-5-1-6-14-29)39-31-21-25-33(26-22-31)47-34-27-23-32(24-28-34)40-38(30-15-7-2-8-16-30)42-49(45,46)36-19-11-4-12-20-36/h1-28H,(H,39,41)(H,40,42). The molecule has 0 heterocycles. The van der Waals surface area contributed by atoms with Gasteiger partial charge in [-0.1, -0.05) is 97.1 Å². The van der Waals surface area contributed by atoms with Gasteiger partial charge in [-0.05, 0) is 72.8 Å². The topological polar surface area (TPSA) is 126 Å². The molecule has 2 N–H and O–H groups in total. The molecule has 0 aromatic heterocycles. The van der Waals surface area contributed by atoms with E-state index in [9.17, 15) is 16.8 Å². The van der Waals surface area contributed by atoms with Gasteiger partial charge in [0.15, 0.2) is 11.7 Å². The van der Waals surface area contributed by atoms with Gasteiger partial charge in [0, 0.05) is 22.5 Å². The summed E-state index contributed by atoms with van der Waals surface area (Å²) in [7, 11) is -7.93. The molecule has 9 nitrogen and oxygen atoms in total. The number of rotatable bonds is 10. The molecule has 244 valence electrons. The van der Waals surface area contributed by atoms with E-state index in [-0.39, 0.29) is 21.5 Å². The third kappa shape index (κ3) is 8.66. The number of nitrogens with one attached hydrogen (secondary N) is 2. The zero-order chi connectivity index (χ0) is 34.1. The third-order valence-corrected chi connectivity index (χ3v) is 9.65. The molecule has 6 aromatic rings. The average Bonchev–Trinajstić information content (AvgIpc) is 3.14. The van der Waals surface area contributed by atoms with E-state index in [2.05, 4.69) is 19.4 Å². The van der Waals surface area contributed by atoms with Crippen molar-refractivity contribution in [2.75, 3.05) is 10.6 Å². The maximum atomic E-state index is 13.1. The summed E-state index contributed by atoms with van der Waals surface area (Å²) in [4.78, 5) is 0.187. The molecule has 49 heavy (non-hydrogen) atoms. The molecule has 0 spiro atoms. The summed E-state index contributed by atoms with van der Waals surface area (Å²) < 4.78 is 66.5. The molecule has 0 aliphatic rings. The van der Waals surface area contributed by atoms with Crippen LogP contribution in [-0.2, 0) is 20.0 Å². The molecule has 0 fully saturated rings. The lowest BCUT2D eigenvalue weighted by atomic mass is 10.2. The number of sulfonamides is 2. The van der Waals surface area contributed by atoms with Gasteiger partial charge in [-0.2, -0.15) is 16.8 Å². The van der Waals surface area contributed by atoms with Crippen LogP contribution in [0.3, 0.4) is 0 Å². The van der Waals surface area contributed by atoms with Gasteiger partial charge >= 0.3 is 0 Å². The molecular formula is C38H30N4O5S2.